The molecule has 3 N–H and O–H groups in total. The summed E-state index contributed by atoms with van der Waals surface area (Å²) in [5.41, 5.74) is 1.27. The van der Waals surface area contributed by atoms with Gasteiger partial charge in [-0.2, -0.15) is 0 Å². The Balaban J connectivity index is 0.00000210. The number of benzene rings is 1. The van der Waals surface area contributed by atoms with Gasteiger partial charge in [-0.1, -0.05) is 12.1 Å². The Kier molecular flexibility index (Phi) is 6.04. The SMILES string of the molecule is Cl.O=C(NCCN1CCNCC1)c1c(O)c2cccc3c2n(c1=O)CCC3. The molecule has 1 aromatic heterocycles. The zero-order valence-electron chi connectivity index (χ0n) is 15.2. The molecular weight excluding hydrogens is 368 g/mol. The summed E-state index contributed by atoms with van der Waals surface area (Å²) in [7, 11) is 0. The van der Waals surface area contributed by atoms with Crippen LogP contribution in [0.3, 0.4) is 0 Å². The van der Waals surface area contributed by atoms with E-state index in [1.807, 2.05) is 12.1 Å². The summed E-state index contributed by atoms with van der Waals surface area (Å²) < 4.78 is 1.64. The number of rotatable bonds is 4. The van der Waals surface area contributed by atoms with Gasteiger partial charge in [-0.3, -0.25) is 14.5 Å². The smallest absolute Gasteiger partial charge is 0.267 e. The zero-order valence-corrected chi connectivity index (χ0v) is 16.0. The molecule has 3 heterocycles. The van der Waals surface area contributed by atoms with Crippen molar-refractivity contribution in [3.63, 3.8) is 0 Å². The molecule has 0 atom stereocenters. The second kappa shape index (κ2) is 8.29. The number of carbonyl (C=O) groups excluding carboxylic acids is 1. The number of nitrogens with one attached hydrogen (secondary N) is 2. The molecule has 0 aliphatic carbocycles. The molecule has 8 heteroatoms. The van der Waals surface area contributed by atoms with E-state index in [2.05, 4.69) is 15.5 Å². The number of aromatic hydroxyl groups is 1. The Bertz CT molecular complexity index is 906. The van der Waals surface area contributed by atoms with Gasteiger partial charge < -0.3 is 20.3 Å². The monoisotopic (exact) mass is 392 g/mol. The molecule has 1 saturated heterocycles. The van der Waals surface area contributed by atoms with Crippen molar-refractivity contribution in [3.8, 4) is 5.75 Å². The molecule has 0 bridgehead atoms. The minimum Gasteiger partial charge on any atom is -0.506 e. The number of pyridine rings is 1. The van der Waals surface area contributed by atoms with E-state index in [-0.39, 0.29) is 23.7 Å². The van der Waals surface area contributed by atoms with Crippen LogP contribution < -0.4 is 16.2 Å². The molecule has 0 radical (unpaired) electrons. The Labute approximate surface area is 163 Å². The van der Waals surface area contributed by atoms with Crippen LogP contribution in [0.5, 0.6) is 5.75 Å². The van der Waals surface area contributed by atoms with Crippen molar-refractivity contribution in [2.24, 2.45) is 0 Å². The van der Waals surface area contributed by atoms with E-state index in [9.17, 15) is 14.7 Å². The van der Waals surface area contributed by atoms with Crippen molar-refractivity contribution < 1.29 is 9.90 Å². The maximum atomic E-state index is 12.9. The summed E-state index contributed by atoms with van der Waals surface area (Å²) in [4.78, 5) is 27.7. The number of para-hydroxylation sites is 1. The lowest BCUT2D eigenvalue weighted by atomic mass is 9.99. The number of aryl methyl sites for hydroxylation is 2. The molecule has 1 amide bonds. The number of carbonyl (C=O) groups is 1. The Hall–Kier alpha value is -2.09. The standard InChI is InChI=1S/C19H24N4O3.ClH/c24-17-14-5-1-3-13-4-2-9-23(16(13)14)19(26)15(17)18(25)21-8-12-22-10-6-20-7-11-22;/h1,3,5,20,24H,2,4,6-12H2,(H,21,25);1H. The molecule has 2 aliphatic heterocycles. The fourth-order valence-electron chi connectivity index (χ4n) is 3.97. The molecule has 2 aliphatic rings. The van der Waals surface area contributed by atoms with Gasteiger partial charge in [-0.05, 0) is 24.5 Å². The van der Waals surface area contributed by atoms with Gasteiger partial charge in [0.15, 0.2) is 0 Å². The average Bonchev–Trinajstić information content (AvgIpc) is 2.67. The quantitative estimate of drug-likeness (QED) is 0.713. The van der Waals surface area contributed by atoms with E-state index >= 15 is 0 Å². The second-order valence-electron chi connectivity index (χ2n) is 6.94. The molecule has 2 aromatic rings. The van der Waals surface area contributed by atoms with Crippen molar-refractivity contribution in [1.82, 2.24) is 20.1 Å². The second-order valence-corrected chi connectivity index (χ2v) is 6.94. The topological polar surface area (TPSA) is 86.6 Å². The third-order valence-electron chi connectivity index (χ3n) is 5.32. The number of aromatic nitrogens is 1. The predicted molar refractivity (Wildman–Crippen MR) is 107 cm³/mol. The summed E-state index contributed by atoms with van der Waals surface area (Å²) in [6, 6.07) is 5.61. The largest absolute Gasteiger partial charge is 0.506 e. The molecule has 0 spiro atoms. The Morgan fingerprint density at radius 1 is 1.22 bits per heavy atom. The number of amides is 1. The molecule has 146 valence electrons. The lowest BCUT2D eigenvalue weighted by molar-refractivity contribution is 0.0942. The molecule has 1 fully saturated rings. The normalized spacial score (nSPS) is 16.7. The van der Waals surface area contributed by atoms with E-state index in [1.54, 1.807) is 10.6 Å². The van der Waals surface area contributed by atoms with Crippen LogP contribution in [0.1, 0.15) is 22.3 Å². The van der Waals surface area contributed by atoms with E-state index in [0.29, 0.717) is 18.5 Å². The first-order valence-corrected chi connectivity index (χ1v) is 9.25. The van der Waals surface area contributed by atoms with Crippen LogP contribution in [0.15, 0.2) is 23.0 Å². The molecule has 7 nitrogen and oxygen atoms in total. The lowest BCUT2D eigenvalue weighted by Gasteiger charge is -2.27. The van der Waals surface area contributed by atoms with E-state index < -0.39 is 11.5 Å². The molecule has 1 aromatic carbocycles. The molecule has 4 rings (SSSR count). The van der Waals surface area contributed by atoms with Crippen molar-refractivity contribution in [2.75, 3.05) is 39.3 Å². The first kappa shape index (κ1) is 19.7. The third-order valence-corrected chi connectivity index (χ3v) is 5.32. The minimum absolute atomic E-state index is 0. The predicted octanol–water partition coefficient (Wildman–Crippen LogP) is 0.710. The first-order valence-electron chi connectivity index (χ1n) is 9.25. The number of piperazine rings is 1. The van der Waals surface area contributed by atoms with Gasteiger partial charge in [-0.25, -0.2) is 0 Å². The van der Waals surface area contributed by atoms with E-state index in [4.69, 9.17) is 0 Å². The van der Waals surface area contributed by atoms with E-state index in [1.165, 1.54) is 0 Å². The van der Waals surface area contributed by atoms with Gasteiger partial charge in [-0.15, -0.1) is 12.4 Å². The van der Waals surface area contributed by atoms with Crippen LogP contribution in [0, 0.1) is 0 Å². The fraction of sp³-hybridized carbons (Fsp3) is 0.474. The average molecular weight is 393 g/mol. The van der Waals surface area contributed by atoms with Crippen LogP contribution in [-0.4, -0.2) is 59.7 Å². The summed E-state index contributed by atoms with van der Waals surface area (Å²) in [5.74, 6) is -0.700. The summed E-state index contributed by atoms with van der Waals surface area (Å²) in [6.45, 7) is 5.57. The van der Waals surface area contributed by atoms with Crippen molar-refractivity contribution in [3.05, 3.63) is 39.7 Å². The van der Waals surface area contributed by atoms with E-state index in [0.717, 1.165) is 56.6 Å². The third kappa shape index (κ3) is 3.67. The summed E-state index contributed by atoms with van der Waals surface area (Å²) >= 11 is 0. The number of hydrogen-bond donors (Lipinski definition) is 3. The molecule has 0 unspecified atom stereocenters. The van der Waals surface area contributed by atoms with Gasteiger partial charge in [0.25, 0.3) is 11.5 Å². The zero-order chi connectivity index (χ0) is 18.1. The van der Waals surface area contributed by atoms with Crippen molar-refractivity contribution >= 4 is 29.2 Å². The molecule has 0 saturated carbocycles. The van der Waals surface area contributed by atoms with Crippen LogP contribution in [0.25, 0.3) is 10.9 Å². The highest BCUT2D eigenvalue weighted by Crippen LogP contribution is 2.31. The maximum absolute atomic E-state index is 12.9. The van der Waals surface area contributed by atoms with Gasteiger partial charge >= 0.3 is 0 Å². The van der Waals surface area contributed by atoms with Crippen LogP contribution >= 0.6 is 12.4 Å². The van der Waals surface area contributed by atoms with Gasteiger partial charge in [0.1, 0.15) is 11.3 Å². The number of halogens is 1. The van der Waals surface area contributed by atoms with Crippen LogP contribution in [0.4, 0.5) is 0 Å². The van der Waals surface area contributed by atoms with Gasteiger partial charge in [0.05, 0.1) is 5.52 Å². The highest BCUT2D eigenvalue weighted by atomic mass is 35.5. The van der Waals surface area contributed by atoms with Crippen molar-refractivity contribution in [1.29, 1.82) is 0 Å². The van der Waals surface area contributed by atoms with Crippen LogP contribution in [0.2, 0.25) is 0 Å². The van der Waals surface area contributed by atoms with Crippen molar-refractivity contribution in [2.45, 2.75) is 19.4 Å². The summed E-state index contributed by atoms with van der Waals surface area (Å²) in [6.07, 6.45) is 1.74. The summed E-state index contributed by atoms with van der Waals surface area (Å²) in [5, 5.41) is 17.3. The molecule has 27 heavy (non-hydrogen) atoms. The van der Waals surface area contributed by atoms with Gasteiger partial charge in [0.2, 0.25) is 0 Å². The molecular formula is C19H25ClN4O3. The Morgan fingerprint density at radius 2 is 2.00 bits per heavy atom. The maximum Gasteiger partial charge on any atom is 0.267 e. The number of nitrogens with zero attached hydrogens (tertiary/aromatic N) is 2. The minimum atomic E-state index is -0.496. The first-order chi connectivity index (χ1) is 12.7. The Morgan fingerprint density at radius 3 is 2.78 bits per heavy atom. The number of hydrogen-bond acceptors (Lipinski definition) is 5. The van der Waals surface area contributed by atoms with Crippen LogP contribution in [-0.2, 0) is 13.0 Å². The highest BCUT2D eigenvalue weighted by Gasteiger charge is 2.25. The highest BCUT2D eigenvalue weighted by molar-refractivity contribution is 6.02. The lowest BCUT2D eigenvalue weighted by Crippen LogP contribution is -2.46. The fourth-order valence-corrected chi connectivity index (χ4v) is 3.97. The van der Waals surface area contributed by atoms with Gasteiger partial charge in [0, 0.05) is 51.2 Å².